The molecule has 0 heterocycles. The summed E-state index contributed by atoms with van der Waals surface area (Å²) in [5.41, 5.74) is 0.417. The molecule has 1 atom stereocenters. The maximum atomic E-state index is 12.4. The highest BCUT2D eigenvalue weighted by Crippen LogP contribution is 2.14. The van der Waals surface area contributed by atoms with Crippen molar-refractivity contribution in [1.29, 1.82) is 0 Å². The third-order valence-corrected chi connectivity index (χ3v) is 4.46. The van der Waals surface area contributed by atoms with Gasteiger partial charge in [0.1, 0.15) is 11.6 Å². The first-order chi connectivity index (χ1) is 13.7. The van der Waals surface area contributed by atoms with Crippen LogP contribution in [-0.2, 0) is 24.9 Å². The molecule has 0 aliphatic heterocycles. The Balaban J connectivity index is 2.50. The molecule has 0 radical (unpaired) electrons. The van der Waals surface area contributed by atoms with E-state index in [0.717, 1.165) is 5.56 Å². The molecule has 0 unspecified atom stereocenters. The van der Waals surface area contributed by atoms with Crippen LogP contribution >= 0.6 is 11.8 Å². The van der Waals surface area contributed by atoms with E-state index in [-0.39, 0.29) is 13.2 Å². The molecule has 0 aliphatic rings. The van der Waals surface area contributed by atoms with Gasteiger partial charge in [0.15, 0.2) is 0 Å². The van der Waals surface area contributed by atoms with E-state index in [9.17, 15) is 19.7 Å². The Morgan fingerprint density at radius 2 is 1.83 bits per heavy atom. The van der Waals surface area contributed by atoms with Crippen molar-refractivity contribution in [2.75, 3.05) is 19.0 Å². The first kappa shape index (κ1) is 24.5. The Labute approximate surface area is 174 Å². The Morgan fingerprint density at radius 3 is 2.45 bits per heavy atom. The summed E-state index contributed by atoms with van der Waals surface area (Å²) in [7, 11) is 0. The number of carbonyl (C=O) groups excluding carboxylic acids is 2. The molecule has 0 bridgehead atoms. The van der Waals surface area contributed by atoms with Gasteiger partial charge in [0.05, 0.1) is 13.2 Å². The second-order valence-electron chi connectivity index (χ2n) is 7.13. The number of ether oxygens (including phenoxy) is 2. The first-order valence-corrected chi connectivity index (χ1v) is 10.4. The fraction of sp³-hybridized carbons (Fsp3) is 0.579. The lowest BCUT2D eigenvalue weighted by Gasteiger charge is -2.23. The number of esters is 1. The van der Waals surface area contributed by atoms with Gasteiger partial charge < -0.3 is 19.6 Å². The maximum absolute atomic E-state index is 12.4. The molecule has 1 aromatic carbocycles. The van der Waals surface area contributed by atoms with Gasteiger partial charge in [0.25, 0.3) is 5.09 Å². The molecule has 0 aromatic heterocycles. The Kier molecular flexibility index (Phi) is 10.9. The topological polar surface area (TPSA) is 117 Å². The molecule has 1 rings (SSSR count). The normalized spacial score (nSPS) is 12.0. The summed E-state index contributed by atoms with van der Waals surface area (Å²) in [4.78, 5) is 38.7. The number of rotatable bonds is 12. The second-order valence-corrected chi connectivity index (χ2v) is 8.16. The maximum Gasteiger partial charge on any atom is 0.408 e. The highest BCUT2D eigenvalue weighted by Gasteiger charge is 2.25. The highest BCUT2D eigenvalue weighted by molar-refractivity contribution is 7.98. The van der Waals surface area contributed by atoms with Crippen molar-refractivity contribution in [1.82, 2.24) is 5.32 Å². The predicted octanol–water partition coefficient (Wildman–Crippen LogP) is 3.34. The second kappa shape index (κ2) is 12.9. The van der Waals surface area contributed by atoms with Crippen LogP contribution < -0.4 is 5.32 Å². The molecular weight excluding hydrogens is 400 g/mol. The fourth-order valence-electron chi connectivity index (χ4n) is 2.10. The first-order valence-electron chi connectivity index (χ1n) is 9.22. The van der Waals surface area contributed by atoms with Crippen LogP contribution in [0.15, 0.2) is 30.3 Å². The molecule has 1 amide bonds. The van der Waals surface area contributed by atoms with Crippen molar-refractivity contribution in [3.8, 4) is 0 Å². The van der Waals surface area contributed by atoms with Crippen molar-refractivity contribution >= 4 is 23.8 Å². The number of thioether (sulfide) groups is 1. The van der Waals surface area contributed by atoms with E-state index >= 15 is 0 Å². The van der Waals surface area contributed by atoms with Gasteiger partial charge in [-0.05, 0) is 39.2 Å². The van der Waals surface area contributed by atoms with Crippen LogP contribution in [0.2, 0.25) is 0 Å². The molecule has 0 saturated carbocycles. The van der Waals surface area contributed by atoms with Gasteiger partial charge in [-0.2, -0.15) is 11.8 Å². The van der Waals surface area contributed by atoms with E-state index in [0.29, 0.717) is 24.3 Å². The molecule has 0 aliphatic carbocycles. The molecule has 0 spiro atoms. The summed E-state index contributed by atoms with van der Waals surface area (Å²) in [5, 5.41) is 11.8. The van der Waals surface area contributed by atoms with E-state index in [1.54, 1.807) is 20.8 Å². The molecule has 9 nitrogen and oxygen atoms in total. The summed E-state index contributed by atoms with van der Waals surface area (Å²) in [5.74, 6) is 0.419. The van der Waals surface area contributed by atoms with Gasteiger partial charge in [-0.3, -0.25) is 0 Å². The van der Waals surface area contributed by atoms with Crippen LogP contribution in [0.3, 0.4) is 0 Å². The number of unbranched alkanes of at least 4 members (excludes halogenated alkanes) is 1. The zero-order valence-corrected chi connectivity index (χ0v) is 17.7. The third kappa shape index (κ3) is 12.6. The number of amides is 1. The van der Waals surface area contributed by atoms with Crippen molar-refractivity contribution < 1.29 is 29.0 Å². The average Bonchev–Trinajstić information content (AvgIpc) is 2.62. The molecule has 1 aromatic rings. The lowest BCUT2D eigenvalue weighted by Crippen LogP contribution is -2.45. The zero-order chi connectivity index (χ0) is 21.7. The highest BCUT2D eigenvalue weighted by atomic mass is 32.2. The van der Waals surface area contributed by atoms with Gasteiger partial charge in [-0.1, -0.05) is 30.3 Å². The number of carbonyl (C=O) groups is 2. The summed E-state index contributed by atoms with van der Waals surface area (Å²) < 4.78 is 10.4. The van der Waals surface area contributed by atoms with E-state index in [4.69, 9.17) is 9.47 Å². The monoisotopic (exact) mass is 428 g/mol. The van der Waals surface area contributed by atoms with Gasteiger partial charge >= 0.3 is 12.1 Å². The van der Waals surface area contributed by atoms with Crippen molar-refractivity contribution in [2.24, 2.45) is 0 Å². The summed E-state index contributed by atoms with van der Waals surface area (Å²) in [6.45, 7) is 5.22. The van der Waals surface area contributed by atoms with Crippen LogP contribution in [0.4, 0.5) is 4.79 Å². The van der Waals surface area contributed by atoms with Gasteiger partial charge in [0, 0.05) is 11.5 Å². The fourth-order valence-corrected chi connectivity index (χ4v) is 3.10. The lowest BCUT2D eigenvalue weighted by molar-refractivity contribution is -0.757. The number of nitrogens with zero attached hydrogens (tertiary/aromatic N) is 1. The lowest BCUT2D eigenvalue weighted by atomic mass is 10.2. The van der Waals surface area contributed by atoms with Crippen molar-refractivity contribution in [3.63, 3.8) is 0 Å². The Bertz CT molecular complexity index is 650. The van der Waals surface area contributed by atoms with E-state index in [1.165, 1.54) is 11.8 Å². The number of hydrogen-bond donors (Lipinski definition) is 1. The number of hydrogen-bond acceptors (Lipinski definition) is 8. The summed E-state index contributed by atoms with van der Waals surface area (Å²) in [6, 6.07) is 8.89. The van der Waals surface area contributed by atoms with Crippen LogP contribution in [0, 0.1) is 10.1 Å². The Hall–Kier alpha value is -2.49. The van der Waals surface area contributed by atoms with Gasteiger partial charge in [-0.15, -0.1) is 10.1 Å². The van der Waals surface area contributed by atoms with Gasteiger partial charge in [0.2, 0.25) is 0 Å². The molecule has 10 heteroatoms. The van der Waals surface area contributed by atoms with E-state index < -0.39 is 28.8 Å². The predicted molar refractivity (Wildman–Crippen MR) is 109 cm³/mol. The molecule has 0 fully saturated rings. The molecule has 162 valence electrons. The van der Waals surface area contributed by atoms with E-state index in [2.05, 4.69) is 10.2 Å². The Morgan fingerprint density at radius 1 is 1.17 bits per heavy atom. The largest absolute Gasteiger partial charge is 0.464 e. The van der Waals surface area contributed by atoms with Crippen molar-refractivity contribution in [2.45, 2.75) is 51.0 Å². The summed E-state index contributed by atoms with van der Waals surface area (Å²) in [6.07, 6.45) is 0.0935. The molecular formula is C19H28N2O7S. The van der Waals surface area contributed by atoms with Gasteiger partial charge in [-0.25, -0.2) is 9.59 Å². The zero-order valence-electron chi connectivity index (χ0n) is 16.9. The number of benzene rings is 1. The standard InChI is InChI=1S/C19H28N2O7S/c1-19(2,3)28-18(23)20-16(14-29-13-15-9-5-4-6-10-15)17(22)26-11-7-8-12-27-21(24)25/h4-6,9-10,16H,7-8,11-14H2,1-3H3,(H,20,23)/t16-/m0/s1. The van der Waals surface area contributed by atoms with Crippen LogP contribution in [0.25, 0.3) is 0 Å². The minimum absolute atomic E-state index is 0.0585. The van der Waals surface area contributed by atoms with Crippen LogP contribution in [0.5, 0.6) is 0 Å². The number of alkyl carbamates (subject to hydrolysis) is 1. The number of nitrogens with one attached hydrogen (secondary N) is 1. The summed E-state index contributed by atoms with van der Waals surface area (Å²) >= 11 is 1.49. The minimum Gasteiger partial charge on any atom is -0.464 e. The average molecular weight is 429 g/mol. The SMILES string of the molecule is CC(C)(C)OC(=O)N[C@@H](CSCc1ccccc1)C(=O)OCCCCO[N+](=O)[O-]. The molecule has 0 saturated heterocycles. The minimum atomic E-state index is -0.867. The third-order valence-electron chi connectivity index (χ3n) is 3.35. The van der Waals surface area contributed by atoms with E-state index in [1.807, 2.05) is 30.3 Å². The van der Waals surface area contributed by atoms with Crippen LogP contribution in [0.1, 0.15) is 39.2 Å². The quantitative estimate of drug-likeness (QED) is 0.233. The van der Waals surface area contributed by atoms with Crippen molar-refractivity contribution in [3.05, 3.63) is 46.0 Å². The molecule has 29 heavy (non-hydrogen) atoms. The van der Waals surface area contributed by atoms with Crippen LogP contribution in [-0.4, -0.2) is 47.8 Å². The smallest absolute Gasteiger partial charge is 0.408 e. The molecule has 1 N–H and O–H groups in total.